The maximum atomic E-state index is 13.1. The van der Waals surface area contributed by atoms with Gasteiger partial charge in [-0.05, 0) is 32.3 Å². The summed E-state index contributed by atoms with van der Waals surface area (Å²) in [6, 6.07) is 3.26. The number of carbonyl (C=O) groups excluding carboxylic acids is 3. The van der Waals surface area contributed by atoms with Gasteiger partial charge >= 0.3 is 5.97 Å². The van der Waals surface area contributed by atoms with Crippen LogP contribution >= 0.6 is 0 Å². The van der Waals surface area contributed by atoms with Crippen LogP contribution in [0.3, 0.4) is 0 Å². The van der Waals surface area contributed by atoms with Crippen LogP contribution in [0.4, 0.5) is 0 Å². The van der Waals surface area contributed by atoms with Crippen molar-refractivity contribution in [1.82, 2.24) is 16.0 Å². The van der Waals surface area contributed by atoms with E-state index in [9.17, 15) is 34.5 Å². The minimum Gasteiger partial charge on any atom is -0.480 e. The van der Waals surface area contributed by atoms with Gasteiger partial charge < -0.3 is 48.5 Å². The Kier molecular flexibility index (Phi) is 13.0. The Balaban J connectivity index is 3.07. The lowest BCUT2D eigenvalue weighted by atomic mass is 10.0. The fourth-order valence-corrected chi connectivity index (χ4v) is 3.23. The Labute approximate surface area is 214 Å². The number of carboxylic acid groups (broad SMARTS) is 1. The minimum atomic E-state index is -1.50. The molecule has 37 heavy (non-hydrogen) atoms. The van der Waals surface area contributed by atoms with Crippen molar-refractivity contribution < 1.29 is 34.5 Å². The molecule has 0 saturated heterocycles. The third-order valence-electron chi connectivity index (χ3n) is 5.36. The molecule has 0 bridgehead atoms. The van der Waals surface area contributed by atoms with E-state index in [1.807, 2.05) is 0 Å². The first-order valence-electron chi connectivity index (χ1n) is 11.7. The number of nitrogens with one attached hydrogen (secondary N) is 3. The highest BCUT2D eigenvalue weighted by atomic mass is 16.4. The Morgan fingerprint density at radius 2 is 1.49 bits per heavy atom. The summed E-state index contributed by atoms with van der Waals surface area (Å²) in [6.45, 7) is 2.70. The summed E-state index contributed by atoms with van der Waals surface area (Å²) in [5.41, 5.74) is 16.8. The van der Waals surface area contributed by atoms with Crippen LogP contribution in [0.5, 0.6) is 0 Å². The van der Waals surface area contributed by atoms with E-state index in [1.165, 1.54) is 13.8 Å². The van der Waals surface area contributed by atoms with Crippen LogP contribution in [0.15, 0.2) is 35.3 Å². The third kappa shape index (κ3) is 11.2. The largest absolute Gasteiger partial charge is 0.480 e. The summed E-state index contributed by atoms with van der Waals surface area (Å²) in [5.74, 6) is -4.01. The van der Waals surface area contributed by atoms with Crippen molar-refractivity contribution in [3.63, 3.8) is 0 Å². The zero-order valence-electron chi connectivity index (χ0n) is 20.8. The maximum absolute atomic E-state index is 13.1. The normalized spacial score (nSPS) is 15.7. The van der Waals surface area contributed by atoms with E-state index in [0.717, 1.165) is 0 Å². The number of carboxylic acids is 1. The molecule has 1 aromatic rings. The average Bonchev–Trinajstić information content (AvgIpc) is 2.83. The van der Waals surface area contributed by atoms with Gasteiger partial charge in [0.2, 0.25) is 17.7 Å². The second-order valence-electron chi connectivity index (χ2n) is 8.59. The van der Waals surface area contributed by atoms with E-state index < -0.39 is 60.1 Å². The molecule has 14 nitrogen and oxygen atoms in total. The van der Waals surface area contributed by atoms with E-state index in [4.69, 9.17) is 17.2 Å². The van der Waals surface area contributed by atoms with Crippen LogP contribution < -0.4 is 33.2 Å². The van der Waals surface area contributed by atoms with E-state index in [1.54, 1.807) is 30.3 Å². The molecule has 6 atom stereocenters. The van der Waals surface area contributed by atoms with Crippen LogP contribution in [-0.2, 0) is 25.6 Å². The molecule has 0 aliphatic heterocycles. The van der Waals surface area contributed by atoms with Gasteiger partial charge in [-0.1, -0.05) is 30.3 Å². The summed E-state index contributed by atoms with van der Waals surface area (Å²) in [6.07, 6.45) is -2.31. The van der Waals surface area contributed by atoms with E-state index in [0.29, 0.717) is 5.56 Å². The third-order valence-corrected chi connectivity index (χ3v) is 5.36. The van der Waals surface area contributed by atoms with Crippen molar-refractivity contribution in [3.8, 4) is 0 Å². The number of nitrogens with zero attached hydrogens (tertiary/aromatic N) is 1. The Hall–Kier alpha value is -3.75. The molecule has 206 valence electrons. The molecule has 1 rings (SSSR count). The summed E-state index contributed by atoms with van der Waals surface area (Å²) in [5, 5.41) is 36.3. The molecule has 0 spiro atoms. The van der Waals surface area contributed by atoms with E-state index >= 15 is 0 Å². The predicted octanol–water partition coefficient (Wildman–Crippen LogP) is -3.09. The first-order chi connectivity index (χ1) is 17.3. The van der Waals surface area contributed by atoms with Crippen molar-refractivity contribution in [2.45, 2.75) is 69.5 Å². The molecule has 0 saturated carbocycles. The fraction of sp³-hybridized carbons (Fsp3) is 0.522. The zero-order valence-corrected chi connectivity index (χ0v) is 20.8. The number of aliphatic imine (C=N–C) groups is 1. The number of aliphatic hydroxyl groups excluding tert-OH is 2. The molecule has 0 heterocycles. The van der Waals surface area contributed by atoms with Crippen LogP contribution in [-0.4, -0.2) is 87.9 Å². The van der Waals surface area contributed by atoms with Gasteiger partial charge in [0.1, 0.15) is 24.2 Å². The molecular weight excluding hydrogens is 486 g/mol. The molecule has 0 radical (unpaired) electrons. The molecule has 3 amide bonds. The fourth-order valence-electron chi connectivity index (χ4n) is 3.23. The van der Waals surface area contributed by atoms with Crippen LogP contribution in [0.25, 0.3) is 0 Å². The van der Waals surface area contributed by atoms with Gasteiger partial charge in [0.25, 0.3) is 0 Å². The summed E-state index contributed by atoms with van der Waals surface area (Å²) in [4.78, 5) is 53.8. The maximum Gasteiger partial charge on any atom is 0.326 e. The molecule has 0 aromatic heterocycles. The molecule has 14 heteroatoms. The molecular formula is C23H37N7O7. The number of benzene rings is 1. The molecule has 0 aliphatic carbocycles. The first kappa shape index (κ1) is 31.3. The number of guanidine groups is 1. The van der Waals surface area contributed by atoms with E-state index in [-0.39, 0.29) is 31.8 Å². The first-order valence-corrected chi connectivity index (χ1v) is 11.7. The Morgan fingerprint density at radius 3 is 2.00 bits per heavy atom. The number of hydrogen-bond acceptors (Lipinski definition) is 8. The molecule has 0 fully saturated rings. The quantitative estimate of drug-likeness (QED) is 0.0636. The topological polar surface area (TPSA) is 255 Å². The number of hydrogen-bond donors (Lipinski definition) is 9. The predicted molar refractivity (Wildman–Crippen MR) is 135 cm³/mol. The second kappa shape index (κ2) is 15.4. The highest BCUT2D eigenvalue weighted by Gasteiger charge is 2.33. The van der Waals surface area contributed by atoms with Gasteiger partial charge in [-0.2, -0.15) is 0 Å². The van der Waals surface area contributed by atoms with Gasteiger partial charge in [0, 0.05) is 13.0 Å². The molecule has 6 unspecified atom stereocenters. The van der Waals surface area contributed by atoms with Crippen LogP contribution in [0.2, 0.25) is 0 Å². The SMILES string of the molecule is CC(O)C(N)C(=O)NC(C(=O)NC(Cc1ccccc1)C(=O)NC(CCCN=C(N)N)C(=O)O)C(C)O. The molecule has 0 aliphatic rings. The van der Waals surface area contributed by atoms with Crippen molar-refractivity contribution in [2.75, 3.05) is 6.54 Å². The zero-order chi connectivity index (χ0) is 28.1. The van der Waals surface area contributed by atoms with Crippen molar-refractivity contribution in [2.24, 2.45) is 22.2 Å². The monoisotopic (exact) mass is 523 g/mol. The lowest BCUT2D eigenvalue weighted by Crippen LogP contribution is -2.61. The Bertz CT molecular complexity index is 937. The van der Waals surface area contributed by atoms with Gasteiger partial charge in [0.05, 0.1) is 12.2 Å². The standard InChI is InChI=1S/C23H37N7O7/c1-12(31)17(24)20(34)30-18(13(2)32)21(35)29-16(11-14-7-4-3-5-8-14)19(33)28-15(22(36)37)9-6-10-27-23(25)26/h3-5,7-8,12-13,15-18,31-32H,6,9-11,24H2,1-2H3,(H,28,33)(H,29,35)(H,30,34)(H,36,37)(H4,25,26,27). The van der Waals surface area contributed by atoms with Crippen molar-refractivity contribution >= 4 is 29.7 Å². The number of rotatable bonds is 15. The average molecular weight is 524 g/mol. The minimum absolute atomic E-state index is 0.00752. The van der Waals surface area contributed by atoms with Gasteiger partial charge in [-0.25, -0.2) is 4.79 Å². The highest BCUT2D eigenvalue weighted by Crippen LogP contribution is 2.07. The van der Waals surface area contributed by atoms with Crippen LogP contribution in [0, 0.1) is 0 Å². The van der Waals surface area contributed by atoms with Crippen molar-refractivity contribution in [3.05, 3.63) is 35.9 Å². The number of aliphatic hydroxyl groups is 2. The van der Waals surface area contributed by atoms with E-state index in [2.05, 4.69) is 20.9 Å². The smallest absolute Gasteiger partial charge is 0.326 e. The Morgan fingerprint density at radius 1 is 0.892 bits per heavy atom. The van der Waals surface area contributed by atoms with Gasteiger partial charge in [-0.3, -0.25) is 19.4 Å². The van der Waals surface area contributed by atoms with Crippen LogP contribution in [0.1, 0.15) is 32.3 Å². The number of amides is 3. The summed E-state index contributed by atoms with van der Waals surface area (Å²) in [7, 11) is 0. The van der Waals surface area contributed by atoms with Gasteiger partial charge in [0.15, 0.2) is 5.96 Å². The molecule has 12 N–H and O–H groups in total. The number of aliphatic carboxylic acids is 1. The summed E-state index contributed by atoms with van der Waals surface area (Å²) >= 11 is 0. The number of carbonyl (C=O) groups is 4. The highest BCUT2D eigenvalue weighted by molar-refractivity contribution is 5.94. The number of nitrogens with two attached hydrogens (primary N) is 3. The molecule has 1 aromatic carbocycles. The van der Waals surface area contributed by atoms with Crippen molar-refractivity contribution in [1.29, 1.82) is 0 Å². The summed E-state index contributed by atoms with van der Waals surface area (Å²) < 4.78 is 0. The van der Waals surface area contributed by atoms with Gasteiger partial charge in [-0.15, -0.1) is 0 Å². The second-order valence-corrected chi connectivity index (χ2v) is 8.59. The lowest BCUT2D eigenvalue weighted by Gasteiger charge is -2.27. The lowest BCUT2D eigenvalue weighted by molar-refractivity contribution is -0.142.